The van der Waals surface area contributed by atoms with Gasteiger partial charge in [0, 0.05) is 25.4 Å². The Balaban J connectivity index is 2.12. The summed E-state index contributed by atoms with van der Waals surface area (Å²) in [5, 5.41) is 8.61. The third kappa shape index (κ3) is 1.84. The smallest absolute Gasteiger partial charge is 0.257 e. The molecule has 82 valence electrons. The van der Waals surface area contributed by atoms with E-state index in [-0.39, 0.29) is 25.4 Å². The first-order valence-corrected chi connectivity index (χ1v) is 4.79. The lowest BCUT2D eigenvalue weighted by atomic mass is 10.1. The number of aromatic nitrogens is 2. The standard InChI is InChI=1S/C10H9FN4O/c11-10(5-12)1-2-15(6-10)9(16)8-3-13-7-14-4-8/h3-4,7H,1-2,6H2. The van der Waals surface area contributed by atoms with Crippen LogP contribution in [0.5, 0.6) is 0 Å². The number of halogens is 1. The minimum atomic E-state index is -1.91. The van der Waals surface area contributed by atoms with E-state index in [1.807, 2.05) is 0 Å². The summed E-state index contributed by atoms with van der Waals surface area (Å²) >= 11 is 0. The number of nitriles is 1. The lowest BCUT2D eigenvalue weighted by Crippen LogP contribution is -2.32. The van der Waals surface area contributed by atoms with Crippen molar-refractivity contribution in [3.05, 3.63) is 24.3 Å². The predicted octanol–water partition coefficient (Wildman–Crippen LogP) is 0.554. The third-order valence-electron chi connectivity index (χ3n) is 2.51. The topological polar surface area (TPSA) is 69.9 Å². The maximum atomic E-state index is 13.6. The first-order valence-electron chi connectivity index (χ1n) is 4.79. The molecule has 0 N–H and O–H groups in total. The van der Waals surface area contributed by atoms with Crippen molar-refractivity contribution in [1.29, 1.82) is 5.26 Å². The number of carbonyl (C=O) groups excluding carboxylic acids is 1. The van der Waals surface area contributed by atoms with E-state index >= 15 is 0 Å². The van der Waals surface area contributed by atoms with Crippen molar-refractivity contribution in [3.8, 4) is 6.07 Å². The van der Waals surface area contributed by atoms with Gasteiger partial charge in [-0.2, -0.15) is 5.26 Å². The van der Waals surface area contributed by atoms with Gasteiger partial charge >= 0.3 is 0 Å². The van der Waals surface area contributed by atoms with Crippen LogP contribution in [0.25, 0.3) is 0 Å². The second-order valence-corrected chi connectivity index (χ2v) is 3.68. The van der Waals surface area contributed by atoms with E-state index in [0.29, 0.717) is 5.56 Å². The maximum absolute atomic E-state index is 13.6. The zero-order valence-corrected chi connectivity index (χ0v) is 8.43. The Hall–Kier alpha value is -2.03. The van der Waals surface area contributed by atoms with Crippen LogP contribution in [-0.2, 0) is 0 Å². The zero-order chi connectivity index (χ0) is 11.6. The number of hydrogen-bond acceptors (Lipinski definition) is 4. The second kappa shape index (κ2) is 3.85. The van der Waals surface area contributed by atoms with Crippen LogP contribution in [0.4, 0.5) is 4.39 Å². The molecule has 6 heteroatoms. The number of hydrogen-bond donors (Lipinski definition) is 0. The summed E-state index contributed by atoms with van der Waals surface area (Å²) in [6.07, 6.45) is 4.12. The van der Waals surface area contributed by atoms with Crippen molar-refractivity contribution >= 4 is 5.91 Å². The number of rotatable bonds is 1. The molecule has 1 amide bonds. The number of likely N-dealkylation sites (tertiary alicyclic amines) is 1. The first-order chi connectivity index (χ1) is 7.64. The highest BCUT2D eigenvalue weighted by Gasteiger charge is 2.40. The van der Waals surface area contributed by atoms with Gasteiger partial charge < -0.3 is 4.90 Å². The van der Waals surface area contributed by atoms with Gasteiger partial charge in [-0.25, -0.2) is 14.4 Å². The molecule has 1 aromatic heterocycles. The molecule has 0 spiro atoms. The van der Waals surface area contributed by atoms with Gasteiger partial charge in [0.25, 0.3) is 5.91 Å². The molecule has 2 heterocycles. The number of amides is 1. The summed E-state index contributed by atoms with van der Waals surface area (Å²) in [5.74, 6) is -0.338. The molecule has 1 aliphatic rings. The Labute approximate surface area is 91.5 Å². The highest BCUT2D eigenvalue weighted by molar-refractivity contribution is 5.93. The van der Waals surface area contributed by atoms with Gasteiger partial charge in [0.2, 0.25) is 5.67 Å². The molecule has 16 heavy (non-hydrogen) atoms. The Morgan fingerprint density at radius 1 is 1.56 bits per heavy atom. The van der Waals surface area contributed by atoms with Crippen molar-refractivity contribution < 1.29 is 9.18 Å². The number of alkyl halides is 1. The third-order valence-corrected chi connectivity index (χ3v) is 2.51. The van der Waals surface area contributed by atoms with Crippen molar-refractivity contribution in [3.63, 3.8) is 0 Å². The fourth-order valence-electron chi connectivity index (χ4n) is 1.63. The molecule has 1 saturated heterocycles. The Morgan fingerprint density at radius 2 is 2.25 bits per heavy atom. The second-order valence-electron chi connectivity index (χ2n) is 3.68. The first kappa shape index (κ1) is 10.5. The van der Waals surface area contributed by atoms with Crippen molar-refractivity contribution in [2.75, 3.05) is 13.1 Å². The van der Waals surface area contributed by atoms with Gasteiger partial charge in [0.15, 0.2) is 0 Å². The van der Waals surface area contributed by atoms with E-state index in [2.05, 4.69) is 9.97 Å². The molecular formula is C10H9FN4O. The summed E-state index contributed by atoms with van der Waals surface area (Å²) in [5.41, 5.74) is -1.60. The minimum Gasteiger partial charge on any atom is -0.334 e. The molecule has 5 nitrogen and oxygen atoms in total. The highest BCUT2D eigenvalue weighted by Crippen LogP contribution is 2.25. The van der Waals surface area contributed by atoms with Crippen LogP contribution < -0.4 is 0 Å². The maximum Gasteiger partial charge on any atom is 0.257 e. The molecule has 1 aliphatic heterocycles. The molecule has 1 fully saturated rings. The monoisotopic (exact) mass is 220 g/mol. The van der Waals surface area contributed by atoms with Gasteiger partial charge in [0.05, 0.1) is 12.1 Å². The summed E-state index contributed by atoms with van der Waals surface area (Å²) in [4.78, 5) is 20.6. The minimum absolute atomic E-state index is 0.0585. The lowest BCUT2D eigenvalue weighted by molar-refractivity contribution is 0.0771. The highest BCUT2D eigenvalue weighted by atomic mass is 19.1. The average Bonchev–Trinajstić information content (AvgIpc) is 2.73. The zero-order valence-electron chi connectivity index (χ0n) is 8.43. The van der Waals surface area contributed by atoms with Gasteiger partial charge in [-0.05, 0) is 0 Å². The fraction of sp³-hybridized carbons (Fsp3) is 0.400. The van der Waals surface area contributed by atoms with E-state index < -0.39 is 5.67 Å². The fourth-order valence-corrected chi connectivity index (χ4v) is 1.63. The van der Waals surface area contributed by atoms with E-state index in [9.17, 15) is 9.18 Å². The van der Waals surface area contributed by atoms with E-state index in [0.717, 1.165) is 0 Å². The molecule has 2 rings (SSSR count). The summed E-state index contributed by atoms with van der Waals surface area (Å²) in [6, 6.07) is 1.58. The summed E-state index contributed by atoms with van der Waals surface area (Å²) < 4.78 is 13.6. The normalized spacial score (nSPS) is 24.1. The van der Waals surface area contributed by atoms with Crippen LogP contribution in [0.1, 0.15) is 16.8 Å². The molecule has 0 radical (unpaired) electrons. The SMILES string of the molecule is N#CC1(F)CCN(C(=O)c2cncnc2)C1. The molecule has 0 bridgehead atoms. The van der Waals surface area contributed by atoms with E-state index in [1.54, 1.807) is 6.07 Å². The number of carbonyl (C=O) groups is 1. The molecule has 1 aromatic rings. The Kier molecular flexibility index (Phi) is 2.52. The van der Waals surface area contributed by atoms with Crippen LogP contribution in [0, 0.1) is 11.3 Å². The van der Waals surface area contributed by atoms with Crippen LogP contribution in [0.3, 0.4) is 0 Å². The van der Waals surface area contributed by atoms with Gasteiger partial charge in [0.1, 0.15) is 12.4 Å². The van der Waals surface area contributed by atoms with Gasteiger partial charge in [-0.3, -0.25) is 4.79 Å². The molecule has 1 unspecified atom stereocenters. The van der Waals surface area contributed by atoms with E-state index in [4.69, 9.17) is 5.26 Å². The summed E-state index contributed by atoms with van der Waals surface area (Å²) in [7, 11) is 0. The van der Waals surface area contributed by atoms with Crippen molar-refractivity contribution in [1.82, 2.24) is 14.9 Å². The van der Waals surface area contributed by atoms with E-state index in [1.165, 1.54) is 23.6 Å². The molecule has 0 saturated carbocycles. The largest absolute Gasteiger partial charge is 0.334 e. The van der Waals surface area contributed by atoms with Crippen molar-refractivity contribution in [2.24, 2.45) is 0 Å². The molecule has 0 aromatic carbocycles. The average molecular weight is 220 g/mol. The molecule has 0 aliphatic carbocycles. The van der Waals surface area contributed by atoms with Crippen LogP contribution in [0.15, 0.2) is 18.7 Å². The van der Waals surface area contributed by atoms with Crippen LogP contribution in [-0.4, -0.2) is 39.5 Å². The molecular weight excluding hydrogens is 211 g/mol. The molecule has 1 atom stereocenters. The van der Waals surface area contributed by atoms with Crippen LogP contribution >= 0.6 is 0 Å². The Bertz CT molecular complexity index is 444. The number of nitrogens with zero attached hydrogens (tertiary/aromatic N) is 4. The van der Waals surface area contributed by atoms with Crippen molar-refractivity contribution in [2.45, 2.75) is 12.1 Å². The Morgan fingerprint density at radius 3 is 2.81 bits per heavy atom. The van der Waals surface area contributed by atoms with Gasteiger partial charge in [-0.1, -0.05) is 0 Å². The van der Waals surface area contributed by atoms with Crippen LogP contribution in [0.2, 0.25) is 0 Å². The quantitative estimate of drug-likeness (QED) is 0.693. The lowest BCUT2D eigenvalue weighted by Gasteiger charge is -2.15. The van der Waals surface area contributed by atoms with Gasteiger partial charge in [-0.15, -0.1) is 0 Å². The predicted molar refractivity (Wildman–Crippen MR) is 52.0 cm³/mol. The summed E-state index contributed by atoms with van der Waals surface area (Å²) in [6.45, 7) is 0.0645.